The van der Waals surface area contributed by atoms with Crippen LogP contribution in [0, 0.1) is 0 Å². The molecule has 2 rings (SSSR count). The minimum Gasteiger partial charge on any atom is -0.477 e. The molecule has 1 atom stereocenters. The summed E-state index contributed by atoms with van der Waals surface area (Å²) in [5.74, 6) is 0.404. The van der Waals surface area contributed by atoms with Crippen LogP contribution in [-0.4, -0.2) is 47.2 Å². The van der Waals surface area contributed by atoms with Crippen molar-refractivity contribution < 1.29 is 14.3 Å². The van der Waals surface area contributed by atoms with Crippen molar-refractivity contribution in [3.8, 4) is 5.88 Å². The Morgan fingerprint density at radius 1 is 1.50 bits per heavy atom. The summed E-state index contributed by atoms with van der Waals surface area (Å²) in [5.41, 5.74) is 0.351. The third-order valence-electron chi connectivity index (χ3n) is 4.00. The predicted molar refractivity (Wildman–Crippen MR) is 85.2 cm³/mol. The van der Waals surface area contributed by atoms with E-state index in [1.807, 2.05) is 18.7 Å². The Morgan fingerprint density at radius 3 is 2.91 bits per heavy atom. The van der Waals surface area contributed by atoms with Crippen LogP contribution in [0.3, 0.4) is 0 Å². The van der Waals surface area contributed by atoms with Gasteiger partial charge in [-0.1, -0.05) is 0 Å². The highest BCUT2D eigenvalue weighted by Gasteiger charge is 2.34. The summed E-state index contributed by atoms with van der Waals surface area (Å²) in [7, 11) is 0. The second kappa shape index (κ2) is 7.09. The number of pyridine rings is 1. The van der Waals surface area contributed by atoms with E-state index < -0.39 is 0 Å². The number of carbonyl (C=O) groups is 1. The van der Waals surface area contributed by atoms with Crippen LogP contribution in [0.1, 0.15) is 50.9 Å². The molecular formula is C17H26N2O3. The van der Waals surface area contributed by atoms with Crippen molar-refractivity contribution in [3.63, 3.8) is 0 Å². The maximum Gasteiger partial charge on any atom is 0.259 e. The van der Waals surface area contributed by atoms with E-state index in [0.29, 0.717) is 31.2 Å². The van der Waals surface area contributed by atoms with Crippen LogP contribution in [0.2, 0.25) is 0 Å². The summed E-state index contributed by atoms with van der Waals surface area (Å²) in [4.78, 5) is 19.1. The van der Waals surface area contributed by atoms with Crippen LogP contribution in [0.25, 0.3) is 0 Å². The second-order valence-electron chi connectivity index (χ2n) is 6.14. The highest BCUT2D eigenvalue weighted by atomic mass is 16.5. The van der Waals surface area contributed by atoms with Crippen LogP contribution in [0.15, 0.2) is 18.3 Å². The van der Waals surface area contributed by atoms with Crippen molar-refractivity contribution in [2.75, 3.05) is 19.8 Å². The molecule has 0 aromatic carbocycles. The van der Waals surface area contributed by atoms with Gasteiger partial charge >= 0.3 is 0 Å². The molecule has 1 aliphatic rings. The van der Waals surface area contributed by atoms with E-state index in [9.17, 15) is 4.79 Å². The van der Waals surface area contributed by atoms with Gasteiger partial charge in [0.1, 0.15) is 5.56 Å². The number of ether oxygens (including phenoxy) is 2. The number of hydrogen-bond donors (Lipinski definition) is 0. The summed E-state index contributed by atoms with van der Waals surface area (Å²) < 4.78 is 11.3. The largest absolute Gasteiger partial charge is 0.477 e. The molecule has 22 heavy (non-hydrogen) atoms. The first-order chi connectivity index (χ1) is 10.5. The number of carbonyl (C=O) groups excluding carboxylic acids is 1. The summed E-state index contributed by atoms with van der Waals surface area (Å²) in [6.45, 7) is 9.90. The fourth-order valence-electron chi connectivity index (χ4n) is 2.99. The van der Waals surface area contributed by atoms with E-state index in [1.165, 1.54) is 0 Å². The van der Waals surface area contributed by atoms with E-state index >= 15 is 0 Å². The van der Waals surface area contributed by atoms with Gasteiger partial charge in [-0.05, 0) is 52.7 Å². The van der Waals surface area contributed by atoms with Gasteiger partial charge in [0.25, 0.3) is 5.91 Å². The number of amides is 1. The quantitative estimate of drug-likeness (QED) is 0.839. The van der Waals surface area contributed by atoms with Crippen LogP contribution in [0.4, 0.5) is 0 Å². The normalized spacial score (nSPS) is 20.5. The zero-order valence-electron chi connectivity index (χ0n) is 14.0. The van der Waals surface area contributed by atoms with Crippen molar-refractivity contribution in [1.29, 1.82) is 0 Å². The molecule has 0 N–H and O–H groups in total. The lowest BCUT2D eigenvalue weighted by Crippen LogP contribution is -2.48. The first-order valence-corrected chi connectivity index (χ1v) is 8.01. The smallest absolute Gasteiger partial charge is 0.259 e. The Morgan fingerprint density at radius 2 is 2.27 bits per heavy atom. The van der Waals surface area contributed by atoms with Crippen LogP contribution in [-0.2, 0) is 4.74 Å². The molecule has 2 heterocycles. The van der Waals surface area contributed by atoms with Gasteiger partial charge in [0.2, 0.25) is 5.88 Å². The van der Waals surface area contributed by atoms with Gasteiger partial charge in [-0.2, -0.15) is 0 Å². The molecule has 1 aliphatic heterocycles. The zero-order valence-corrected chi connectivity index (χ0v) is 14.0. The van der Waals surface area contributed by atoms with Gasteiger partial charge in [-0.3, -0.25) is 4.79 Å². The van der Waals surface area contributed by atoms with E-state index in [1.54, 1.807) is 18.3 Å². The Hall–Kier alpha value is -1.62. The van der Waals surface area contributed by atoms with E-state index in [2.05, 4.69) is 18.8 Å². The molecule has 1 aromatic heterocycles. The topological polar surface area (TPSA) is 51.7 Å². The molecule has 5 heteroatoms. The zero-order chi connectivity index (χ0) is 16.2. The van der Waals surface area contributed by atoms with Gasteiger partial charge in [0.15, 0.2) is 0 Å². The highest BCUT2D eigenvalue weighted by molar-refractivity contribution is 5.96. The fraction of sp³-hybridized carbons (Fsp3) is 0.647. The summed E-state index contributed by atoms with van der Waals surface area (Å²) in [6.07, 6.45) is 3.36. The Labute approximate surface area is 132 Å². The number of hydrogen-bond acceptors (Lipinski definition) is 4. The Bertz CT molecular complexity index is 516. The van der Waals surface area contributed by atoms with Crippen molar-refractivity contribution in [2.45, 2.75) is 52.2 Å². The molecule has 1 saturated heterocycles. The molecule has 1 fully saturated rings. The molecule has 5 nitrogen and oxygen atoms in total. The number of nitrogens with zero attached hydrogens (tertiary/aromatic N) is 2. The Balaban J connectivity index is 2.22. The van der Waals surface area contributed by atoms with Crippen molar-refractivity contribution >= 4 is 5.91 Å². The lowest BCUT2D eigenvalue weighted by molar-refractivity contribution is -0.0777. The average molecular weight is 306 g/mol. The second-order valence-corrected chi connectivity index (χ2v) is 6.14. The summed E-state index contributed by atoms with van der Waals surface area (Å²) >= 11 is 0. The SMILES string of the molecule is CCOc1ncccc1C(=O)N(CC)[C@H]1CCOC(C)(C)C1. The molecule has 0 radical (unpaired) electrons. The molecule has 122 valence electrons. The standard InChI is InChI=1S/C17H26N2O3/c1-5-19(13-9-11-22-17(3,4)12-13)16(20)14-8-7-10-18-15(14)21-6-2/h7-8,10,13H,5-6,9,11-12H2,1-4H3/t13-/m0/s1. The first kappa shape index (κ1) is 16.7. The van der Waals surface area contributed by atoms with E-state index in [4.69, 9.17) is 9.47 Å². The van der Waals surface area contributed by atoms with E-state index in [-0.39, 0.29) is 17.6 Å². The van der Waals surface area contributed by atoms with Gasteiger partial charge in [0, 0.05) is 25.4 Å². The molecule has 1 aromatic rings. The minimum atomic E-state index is -0.186. The van der Waals surface area contributed by atoms with Crippen LogP contribution in [0.5, 0.6) is 5.88 Å². The maximum atomic E-state index is 12.9. The highest BCUT2D eigenvalue weighted by Crippen LogP contribution is 2.29. The molecule has 1 amide bonds. The molecule has 0 unspecified atom stereocenters. The number of rotatable bonds is 5. The van der Waals surface area contributed by atoms with Crippen LogP contribution < -0.4 is 4.74 Å². The lowest BCUT2D eigenvalue weighted by atomic mass is 9.92. The Kier molecular flexibility index (Phi) is 5.40. The third kappa shape index (κ3) is 3.77. The molecular weight excluding hydrogens is 280 g/mol. The minimum absolute atomic E-state index is 0.0123. The third-order valence-corrected chi connectivity index (χ3v) is 4.00. The van der Waals surface area contributed by atoms with E-state index in [0.717, 1.165) is 12.8 Å². The fourth-order valence-corrected chi connectivity index (χ4v) is 2.99. The average Bonchev–Trinajstić information content (AvgIpc) is 2.48. The van der Waals surface area contributed by atoms with Crippen molar-refractivity contribution in [3.05, 3.63) is 23.9 Å². The van der Waals surface area contributed by atoms with Gasteiger partial charge < -0.3 is 14.4 Å². The molecule has 0 bridgehead atoms. The monoisotopic (exact) mass is 306 g/mol. The summed E-state index contributed by atoms with van der Waals surface area (Å²) in [6, 6.07) is 3.75. The molecule has 0 spiro atoms. The van der Waals surface area contributed by atoms with Crippen molar-refractivity contribution in [1.82, 2.24) is 9.88 Å². The lowest BCUT2D eigenvalue weighted by Gasteiger charge is -2.41. The number of aromatic nitrogens is 1. The van der Waals surface area contributed by atoms with Crippen LogP contribution >= 0.6 is 0 Å². The first-order valence-electron chi connectivity index (χ1n) is 8.01. The van der Waals surface area contributed by atoms with Gasteiger partial charge in [-0.15, -0.1) is 0 Å². The predicted octanol–water partition coefficient (Wildman–Crippen LogP) is 2.90. The molecule has 0 aliphatic carbocycles. The summed E-state index contributed by atoms with van der Waals surface area (Å²) in [5, 5.41) is 0. The van der Waals surface area contributed by atoms with Gasteiger partial charge in [-0.25, -0.2) is 4.98 Å². The maximum absolute atomic E-state index is 12.9. The van der Waals surface area contributed by atoms with Gasteiger partial charge in [0.05, 0.1) is 12.2 Å². The molecule has 0 saturated carbocycles. The van der Waals surface area contributed by atoms with Crippen molar-refractivity contribution in [2.24, 2.45) is 0 Å².